The minimum atomic E-state index is 0.649. The Morgan fingerprint density at radius 2 is 2.05 bits per heavy atom. The summed E-state index contributed by atoms with van der Waals surface area (Å²) in [5, 5.41) is 8.97. The summed E-state index contributed by atoms with van der Waals surface area (Å²) < 4.78 is 5.34. The molecule has 2 rings (SSSR count). The summed E-state index contributed by atoms with van der Waals surface area (Å²) in [6.07, 6.45) is 0. The number of anilines is 1. The number of thioether (sulfide) groups is 1. The van der Waals surface area contributed by atoms with Crippen LogP contribution < -0.4 is 10.5 Å². The van der Waals surface area contributed by atoms with Crippen LogP contribution in [0.5, 0.6) is 5.75 Å². The number of rotatable bonds is 4. The number of aryl methyl sites for hydroxylation is 1. The highest BCUT2D eigenvalue weighted by Crippen LogP contribution is 2.31. The SMILES string of the molecule is COc1ccc(C#N)cc1CSc1ccc(N)cc1C. The van der Waals surface area contributed by atoms with Gasteiger partial charge in [0.1, 0.15) is 5.75 Å². The molecule has 0 atom stereocenters. The van der Waals surface area contributed by atoms with Crippen molar-refractivity contribution < 1.29 is 4.74 Å². The zero-order valence-corrected chi connectivity index (χ0v) is 12.3. The van der Waals surface area contributed by atoms with Crippen molar-refractivity contribution in [3.63, 3.8) is 0 Å². The van der Waals surface area contributed by atoms with Gasteiger partial charge in [-0.15, -0.1) is 11.8 Å². The van der Waals surface area contributed by atoms with Gasteiger partial charge in [-0.2, -0.15) is 5.26 Å². The van der Waals surface area contributed by atoms with E-state index in [1.165, 1.54) is 4.90 Å². The third-order valence-corrected chi connectivity index (χ3v) is 4.22. The van der Waals surface area contributed by atoms with Gasteiger partial charge in [-0.25, -0.2) is 0 Å². The van der Waals surface area contributed by atoms with E-state index in [-0.39, 0.29) is 0 Å². The summed E-state index contributed by atoms with van der Waals surface area (Å²) >= 11 is 1.71. The van der Waals surface area contributed by atoms with Gasteiger partial charge in [0, 0.05) is 21.9 Å². The molecule has 2 aromatic carbocycles. The van der Waals surface area contributed by atoms with E-state index in [4.69, 9.17) is 15.7 Å². The lowest BCUT2D eigenvalue weighted by molar-refractivity contribution is 0.411. The Balaban J connectivity index is 2.20. The van der Waals surface area contributed by atoms with Gasteiger partial charge in [-0.05, 0) is 48.9 Å². The molecule has 0 unspecified atom stereocenters. The van der Waals surface area contributed by atoms with Gasteiger partial charge in [-0.1, -0.05) is 0 Å². The normalized spacial score (nSPS) is 10.1. The van der Waals surface area contributed by atoms with Gasteiger partial charge < -0.3 is 10.5 Å². The van der Waals surface area contributed by atoms with Crippen molar-refractivity contribution in [3.05, 3.63) is 53.1 Å². The van der Waals surface area contributed by atoms with E-state index >= 15 is 0 Å². The first kappa shape index (κ1) is 14.3. The molecule has 0 fully saturated rings. The summed E-state index contributed by atoms with van der Waals surface area (Å²) in [5.41, 5.74) is 9.35. The summed E-state index contributed by atoms with van der Waals surface area (Å²) in [4.78, 5) is 1.18. The van der Waals surface area contributed by atoms with Crippen LogP contribution in [0.1, 0.15) is 16.7 Å². The Bertz CT molecular complexity index is 662. The van der Waals surface area contributed by atoms with Crippen LogP contribution in [0.2, 0.25) is 0 Å². The van der Waals surface area contributed by atoms with E-state index in [9.17, 15) is 0 Å². The molecule has 0 aliphatic carbocycles. The Morgan fingerprint density at radius 1 is 1.25 bits per heavy atom. The second-order valence-electron chi connectivity index (χ2n) is 4.45. The number of nitrogen functional groups attached to an aromatic ring is 1. The molecule has 0 radical (unpaired) electrons. The topological polar surface area (TPSA) is 59.0 Å². The number of hydrogen-bond donors (Lipinski definition) is 1. The highest BCUT2D eigenvalue weighted by molar-refractivity contribution is 7.98. The number of hydrogen-bond acceptors (Lipinski definition) is 4. The van der Waals surface area contributed by atoms with Crippen LogP contribution in [0.3, 0.4) is 0 Å². The van der Waals surface area contributed by atoms with Gasteiger partial charge >= 0.3 is 0 Å². The number of nitrogens with two attached hydrogens (primary N) is 1. The lowest BCUT2D eigenvalue weighted by atomic mass is 10.1. The predicted octanol–water partition coefficient (Wildman–Crippen LogP) is 3.75. The maximum Gasteiger partial charge on any atom is 0.122 e. The van der Waals surface area contributed by atoms with Crippen molar-refractivity contribution >= 4 is 17.4 Å². The Kier molecular flexibility index (Phi) is 4.54. The van der Waals surface area contributed by atoms with Gasteiger partial charge in [0.2, 0.25) is 0 Å². The molecule has 0 saturated heterocycles. The maximum absolute atomic E-state index is 8.97. The van der Waals surface area contributed by atoms with Gasteiger partial charge in [0.25, 0.3) is 0 Å². The lowest BCUT2D eigenvalue weighted by Crippen LogP contribution is -1.92. The van der Waals surface area contributed by atoms with Crippen molar-refractivity contribution in [1.82, 2.24) is 0 Å². The second kappa shape index (κ2) is 6.36. The molecule has 2 aromatic rings. The molecule has 4 heteroatoms. The van der Waals surface area contributed by atoms with E-state index in [0.717, 1.165) is 28.3 Å². The fourth-order valence-electron chi connectivity index (χ4n) is 1.95. The Labute approximate surface area is 123 Å². The molecule has 0 amide bonds. The van der Waals surface area contributed by atoms with Crippen molar-refractivity contribution in [2.24, 2.45) is 0 Å². The fraction of sp³-hybridized carbons (Fsp3) is 0.188. The Morgan fingerprint density at radius 3 is 2.70 bits per heavy atom. The molecule has 3 nitrogen and oxygen atoms in total. The molecule has 0 spiro atoms. The van der Waals surface area contributed by atoms with Crippen LogP contribution in [0.25, 0.3) is 0 Å². The average Bonchev–Trinajstić information content (AvgIpc) is 2.46. The average molecular weight is 284 g/mol. The van der Waals surface area contributed by atoms with Crippen LogP contribution in [0, 0.1) is 18.3 Å². The highest BCUT2D eigenvalue weighted by atomic mass is 32.2. The second-order valence-corrected chi connectivity index (χ2v) is 5.47. The molecule has 102 valence electrons. The molecular weight excluding hydrogens is 268 g/mol. The number of methoxy groups -OCH3 is 1. The van der Waals surface area contributed by atoms with Crippen LogP contribution in [0.15, 0.2) is 41.3 Å². The highest BCUT2D eigenvalue weighted by Gasteiger charge is 2.07. The van der Waals surface area contributed by atoms with Crippen LogP contribution in [-0.2, 0) is 5.75 Å². The van der Waals surface area contributed by atoms with Gasteiger partial charge in [-0.3, -0.25) is 0 Å². The first-order valence-electron chi connectivity index (χ1n) is 6.20. The van der Waals surface area contributed by atoms with E-state index in [1.807, 2.05) is 37.3 Å². The van der Waals surface area contributed by atoms with Crippen molar-refractivity contribution in [1.29, 1.82) is 5.26 Å². The number of nitrogens with zero attached hydrogens (tertiary/aromatic N) is 1. The Hall–Kier alpha value is -2.12. The molecule has 20 heavy (non-hydrogen) atoms. The summed E-state index contributed by atoms with van der Waals surface area (Å²) in [7, 11) is 1.64. The first-order chi connectivity index (χ1) is 9.63. The molecule has 2 N–H and O–H groups in total. The largest absolute Gasteiger partial charge is 0.496 e. The monoisotopic (exact) mass is 284 g/mol. The van der Waals surface area contributed by atoms with Crippen LogP contribution in [-0.4, -0.2) is 7.11 Å². The molecule has 0 aromatic heterocycles. The number of benzene rings is 2. The first-order valence-corrected chi connectivity index (χ1v) is 7.18. The van der Waals surface area contributed by atoms with Gasteiger partial charge in [0.05, 0.1) is 18.7 Å². The summed E-state index contributed by atoms with van der Waals surface area (Å²) in [6, 6.07) is 13.5. The van der Waals surface area contributed by atoms with E-state index in [1.54, 1.807) is 24.9 Å². The molecule has 0 aliphatic heterocycles. The quantitative estimate of drug-likeness (QED) is 0.686. The number of nitriles is 1. The summed E-state index contributed by atoms with van der Waals surface area (Å²) in [5.74, 6) is 1.56. The zero-order chi connectivity index (χ0) is 14.5. The smallest absolute Gasteiger partial charge is 0.122 e. The number of ether oxygens (including phenoxy) is 1. The third-order valence-electron chi connectivity index (χ3n) is 2.99. The van der Waals surface area contributed by atoms with Crippen molar-refractivity contribution in [2.75, 3.05) is 12.8 Å². The lowest BCUT2D eigenvalue weighted by Gasteiger charge is -2.10. The van der Waals surface area contributed by atoms with E-state index < -0.39 is 0 Å². The van der Waals surface area contributed by atoms with E-state index in [0.29, 0.717) is 5.56 Å². The molecule has 0 aliphatic rings. The minimum absolute atomic E-state index is 0.649. The summed E-state index contributed by atoms with van der Waals surface area (Å²) in [6.45, 7) is 2.04. The molecule has 0 bridgehead atoms. The maximum atomic E-state index is 8.97. The minimum Gasteiger partial charge on any atom is -0.496 e. The molecule has 0 saturated carbocycles. The van der Waals surface area contributed by atoms with Crippen molar-refractivity contribution in [3.8, 4) is 11.8 Å². The van der Waals surface area contributed by atoms with E-state index in [2.05, 4.69) is 6.07 Å². The van der Waals surface area contributed by atoms with Crippen molar-refractivity contribution in [2.45, 2.75) is 17.6 Å². The third kappa shape index (κ3) is 3.25. The zero-order valence-electron chi connectivity index (χ0n) is 11.5. The fourth-order valence-corrected chi connectivity index (χ4v) is 2.94. The standard InChI is InChI=1S/C16H16N2OS/c1-11-7-14(18)4-6-16(11)20-10-13-8-12(9-17)3-5-15(13)19-2/h3-8H,10,18H2,1-2H3. The predicted molar refractivity (Wildman–Crippen MR) is 82.9 cm³/mol. The molecular formula is C16H16N2OS. The van der Waals surface area contributed by atoms with Gasteiger partial charge in [0.15, 0.2) is 0 Å². The van der Waals surface area contributed by atoms with Crippen LogP contribution in [0.4, 0.5) is 5.69 Å². The van der Waals surface area contributed by atoms with Crippen LogP contribution >= 0.6 is 11.8 Å². The molecule has 0 heterocycles.